The van der Waals surface area contributed by atoms with Crippen molar-refractivity contribution in [1.29, 1.82) is 0 Å². The van der Waals surface area contributed by atoms with Crippen LogP contribution in [0.4, 0.5) is 11.6 Å². The number of aliphatic carboxylic acids is 1. The number of hydrogen-bond donors (Lipinski definition) is 2. The molecule has 1 aromatic heterocycles. The molecule has 2 aromatic carbocycles. The van der Waals surface area contributed by atoms with Crippen LogP contribution in [-0.2, 0) is 4.79 Å². The number of nitro benzene ring substituents is 1. The van der Waals surface area contributed by atoms with E-state index in [4.69, 9.17) is 0 Å². The Morgan fingerprint density at radius 3 is 2.68 bits per heavy atom. The van der Waals surface area contributed by atoms with Crippen LogP contribution >= 0.6 is 0 Å². The number of imidazole rings is 1. The van der Waals surface area contributed by atoms with Gasteiger partial charge in [0.1, 0.15) is 5.70 Å². The summed E-state index contributed by atoms with van der Waals surface area (Å²) < 4.78 is 1.77. The minimum absolute atomic E-state index is 0.0639. The number of allylic oxidation sites excluding steroid dienone is 1. The number of aromatic nitrogens is 2. The van der Waals surface area contributed by atoms with Crippen LogP contribution in [0.2, 0.25) is 0 Å². The molecular formula is C17H12N4O4. The van der Waals surface area contributed by atoms with Crippen molar-refractivity contribution in [3.05, 3.63) is 76.0 Å². The minimum atomic E-state index is -1.15. The fourth-order valence-electron chi connectivity index (χ4n) is 3.07. The number of nitro groups is 1. The van der Waals surface area contributed by atoms with Crippen molar-refractivity contribution < 1.29 is 14.8 Å². The Labute approximate surface area is 141 Å². The zero-order chi connectivity index (χ0) is 17.6. The molecule has 124 valence electrons. The van der Waals surface area contributed by atoms with Crippen LogP contribution in [-0.4, -0.2) is 25.6 Å². The van der Waals surface area contributed by atoms with Crippen molar-refractivity contribution in [2.45, 2.75) is 6.04 Å². The summed E-state index contributed by atoms with van der Waals surface area (Å²) in [5.41, 5.74) is 1.70. The van der Waals surface area contributed by atoms with Crippen LogP contribution in [0.1, 0.15) is 11.6 Å². The van der Waals surface area contributed by atoms with Crippen LogP contribution in [0.15, 0.2) is 60.3 Å². The van der Waals surface area contributed by atoms with Gasteiger partial charge in [0.05, 0.1) is 27.6 Å². The van der Waals surface area contributed by atoms with E-state index < -0.39 is 16.9 Å². The summed E-state index contributed by atoms with van der Waals surface area (Å²) in [6.45, 7) is 0. The second-order valence-corrected chi connectivity index (χ2v) is 5.57. The van der Waals surface area contributed by atoms with Gasteiger partial charge in [-0.1, -0.05) is 24.3 Å². The summed E-state index contributed by atoms with van der Waals surface area (Å²) in [6, 6.07) is 13.0. The van der Waals surface area contributed by atoms with E-state index in [0.717, 1.165) is 5.52 Å². The molecule has 1 atom stereocenters. The molecule has 0 amide bonds. The zero-order valence-corrected chi connectivity index (χ0v) is 12.8. The lowest BCUT2D eigenvalue weighted by atomic mass is 10.0. The molecule has 1 aliphatic heterocycles. The predicted molar refractivity (Wildman–Crippen MR) is 90.3 cm³/mol. The summed E-state index contributed by atoms with van der Waals surface area (Å²) in [6.07, 6.45) is 1.46. The van der Waals surface area contributed by atoms with E-state index >= 15 is 0 Å². The minimum Gasteiger partial charge on any atom is -0.477 e. The summed E-state index contributed by atoms with van der Waals surface area (Å²) in [4.78, 5) is 26.8. The van der Waals surface area contributed by atoms with Crippen molar-refractivity contribution in [3.63, 3.8) is 0 Å². The first-order valence-corrected chi connectivity index (χ1v) is 7.48. The normalized spacial score (nSPS) is 16.0. The highest BCUT2D eigenvalue weighted by molar-refractivity contribution is 5.92. The smallest absolute Gasteiger partial charge is 0.352 e. The van der Waals surface area contributed by atoms with E-state index in [0.29, 0.717) is 17.0 Å². The lowest BCUT2D eigenvalue weighted by molar-refractivity contribution is -0.385. The number of para-hydroxylation sites is 3. The first-order valence-electron chi connectivity index (χ1n) is 7.48. The highest BCUT2D eigenvalue weighted by atomic mass is 16.6. The van der Waals surface area contributed by atoms with Crippen molar-refractivity contribution in [1.82, 2.24) is 9.55 Å². The third kappa shape index (κ3) is 2.31. The molecule has 25 heavy (non-hydrogen) atoms. The maximum atomic E-state index is 11.5. The summed E-state index contributed by atoms with van der Waals surface area (Å²) in [5.74, 6) is -0.814. The Hall–Kier alpha value is -3.68. The lowest BCUT2D eigenvalue weighted by Gasteiger charge is -2.24. The van der Waals surface area contributed by atoms with Crippen LogP contribution in [0.3, 0.4) is 0 Å². The average molecular weight is 336 g/mol. The van der Waals surface area contributed by atoms with Crippen molar-refractivity contribution in [2.24, 2.45) is 0 Å². The van der Waals surface area contributed by atoms with Crippen LogP contribution in [0.5, 0.6) is 0 Å². The van der Waals surface area contributed by atoms with Gasteiger partial charge >= 0.3 is 5.97 Å². The fraction of sp³-hybridized carbons (Fsp3) is 0.0588. The number of carboxylic acid groups (broad SMARTS) is 1. The molecule has 0 fully saturated rings. The molecule has 4 rings (SSSR count). The van der Waals surface area contributed by atoms with Crippen molar-refractivity contribution >= 4 is 28.6 Å². The number of rotatable bonds is 3. The topological polar surface area (TPSA) is 110 Å². The van der Waals surface area contributed by atoms with Gasteiger partial charge in [-0.25, -0.2) is 9.78 Å². The summed E-state index contributed by atoms with van der Waals surface area (Å²) in [5, 5.41) is 23.6. The number of carboxylic acids is 1. The van der Waals surface area contributed by atoms with Gasteiger partial charge in [0.15, 0.2) is 0 Å². The Kier molecular flexibility index (Phi) is 3.24. The van der Waals surface area contributed by atoms with E-state index in [-0.39, 0.29) is 11.4 Å². The van der Waals surface area contributed by atoms with Crippen molar-refractivity contribution in [3.8, 4) is 0 Å². The van der Waals surface area contributed by atoms with Gasteiger partial charge in [-0.05, 0) is 24.3 Å². The van der Waals surface area contributed by atoms with Gasteiger partial charge in [-0.15, -0.1) is 0 Å². The molecule has 1 unspecified atom stereocenters. The first kappa shape index (κ1) is 14.9. The number of nitrogens with zero attached hydrogens (tertiary/aromatic N) is 3. The highest BCUT2D eigenvalue weighted by Gasteiger charge is 2.30. The highest BCUT2D eigenvalue weighted by Crippen LogP contribution is 2.37. The van der Waals surface area contributed by atoms with Crippen molar-refractivity contribution in [2.75, 3.05) is 5.32 Å². The monoisotopic (exact) mass is 336 g/mol. The summed E-state index contributed by atoms with van der Waals surface area (Å²) >= 11 is 0. The predicted octanol–water partition coefficient (Wildman–Crippen LogP) is 2.93. The molecular weight excluding hydrogens is 324 g/mol. The third-order valence-corrected chi connectivity index (χ3v) is 4.13. The third-order valence-electron chi connectivity index (χ3n) is 4.13. The van der Waals surface area contributed by atoms with E-state index in [9.17, 15) is 20.0 Å². The molecule has 0 saturated carbocycles. The second kappa shape index (κ2) is 5.45. The molecule has 0 bridgehead atoms. The van der Waals surface area contributed by atoms with Gasteiger partial charge in [0, 0.05) is 6.07 Å². The number of benzene rings is 2. The second-order valence-electron chi connectivity index (χ2n) is 5.57. The van der Waals surface area contributed by atoms with E-state index in [1.54, 1.807) is 28.8 Å². The molecule has 2 heterocycles. The number of anilines is 1. The number of carbonyl (C=O) groups is 1. The number of nitrogens with one attached hydrogen (secondary N) is 1. The van der Waals surface area contributed by atoms with Gasteiger partial charge in [0.25, 0.3) is 5.69 Å². The number of hydrogen-bond acceptors (Lipinski definition) is 5. The Morgan fingerprint density at radius 1 is 1.20 bits per heavy atom. The molecule has 2 N–H and O–H groups in total. The van der Waals surface area contributed by atoms with Gasteiger partial charge in [0.2, 0.25) is 5.95 Å². The Morgan fingerprint density at radius 2 is 1.92 bits per heavy atom. The zero-order valence-electron chi connectivity index (χ0n) is 12.8. The Balaban J connectivity index is 2.01. The maximum absolute atomic E-state index is 11.5. The molecule has 0 saturated heterocycles. The van der Waals surface area contributed by atoms with Gasteiger partial charge < -0.3 is 10.4 Å². The maximum Gasteiger partial charge on any atom is 0.352 e. The van der Waals surface area contributed by atoms with E-state index in [1.807, 2.05) is 18.2 Å². The average Bonchev–Trinajstić information content (AvgIpc) is 2.99. The van der Waals surface area contributed by atoms with Gasteiger partial charge in [-0.2, -0.15) is 0 Å². The number of fused-ring (bicyclic) bond motifs is 3. The summed E-state index contributed by atoms with van der Waals surface area (Å²) in [7, 11) is 0. The van der Waals surface area contributed by atoms with Crippen LogP contribution < -0.4 is 5.32 Å². The molecule has 0 spiro atoms. The van der Waals surface area contributed by atoms with Crippen LogP contribution in [0.25, 0.3) is 11.0 Å². The van der Waals surface area contributed by atoms with E-state index in [2.05, 4.69) is 10.3 Å². The SMILES string of the molecule is O=C(O)C1=CC(c2ccccc2[N+](=O)[O-])n2c(nc3ccccc32)N1. The molecule has 0 aliphatic carbocycles. The lowest BCUT2D eigenvalue weighted by Crippen LogP contribution is -2.24. The molecule has 8 heteroatoms. The quantitative estimate of drug-likeness (QED) is 0.562. The standard InChI is InChI=1S/C17H12N4O4/c22-16(23)12-9-15(10-5-1-3-7-13(10)21(24)25)20-14-8-4-2-6-11(14)18-17(20)19-12/h1-9,15H,(H,18,19)(H,22,23). The molecule has 8 nitrogen and oxygen atoms in total. The Bertz CT molecular complexity index is 1050. The van der Waals surface area contributed by atoms with Crippen LogP contribution in [0, 0.1) is 10.1 Å². The van der Waals surface area contributed by atoms with Gasteiger partial charge in [-0.3, -0.25) is 14.7 Å². The fourth-order valence-corrected chi connectivity index (χ4v) is 3.07. The molecule has 3 aromatic rings. The largest absolute Gasteiger partial charge is 0.477 e. The molecule has 1 aliphatic rings. The first-order chi connectivity index (χ1) is 12.1. The van der Waals surface area contributed by atoms with E-state index in [1.165, 1.54) is 12.1 Å². The molecule has 0 radical (unpaired) electrons.